The summed E-state index contributed by atoms with van der Waals surface area (Å²) in [6.07, 6.45) is 1.51. The van der Waals surface area contributed by atoms with E-state index in [1.807, 2.05) is 44.2 Å². The number of esters is 1. The summed E-state index contributed by atoms with van der Waals surface area (Å²) in [5.41, 5.74) is 2.32. The Balaban J connectivity index is 1.69. The number of nitrogens with zero attached hydrogens (tertiary/aromatic N) is 1. The lowest BCUT2D eigenvalue weighted by Crippen LogP contribution is -2.34. The highest BCUT2D eigenvalue weighted by Crippen LogP contribution is 2.13. The Hall–Kier alpha value is -3.26. The molecule has 0 heterocycles. The number of carbonyl (C=O) groups excluding carboxylic acids is 3. The van der Waals surface area contributed by atoms with Gasteiger partial charge in [0, 0.05) is 30.8 Å². The van der Waals surface area contributed by atoms with Gasteiger partial charge >= 0.3 is 5.97 Å². The number of ether oxygens (including phenoxy) is 1. The highest BCUT2D eigenvalue weighted by Gasteiger charge is 2.14. The van der Waals surface area contributed by atoms with Crippen molar-refractivity contribution in [3.8, 4) is 0 Å². The minimum atomic E-state index is -0.417. The highest BCUT2D eigenvalue weighted by molar-refractivity contribution is 7.80. The number of amides is 2. The molecule has 0 atom stereocenters. The first-order valence-corrected chi connectivity index (χ1v) is 11.5. The SMILES string of the molecule is CCN(CC)C(=O)c1cccc(NC(=S)NC(=O)CCC(=O)OCCCc2ccccc2)c1. The zero-order chi connectivity index (χ0) is 24.1. The molecule has 2 rings (SSSR count). The lowest BCUT2D eigenvalue weighted by molar-refractivity contribution is -0.145. The summed E-state index contributed by atoms with van der Waals surface area (Å²) in [7, 11) is 0. The average Bonchev–Trinajstić information content (AvgIpc) is 2.82. The number of nitrogens with one attached hydrogen (secondary N) is 2. The lowest BCUT2D eigenvalue weighted by atomic mass is 10.1. The topological polar surface area (TPSA) is 87.7 Å². The van der Waals surface area contributed by atoms with Crippen LogP contribution in [0.1, 0.15) is 49.0 Å². The van der Waals surface area contributed by atoms with E-state index in [4.69, 9.17) is 17.0 Å². The first-order chi connectivity index (χ1) is 15.9. The van der Waals surface area contributed by atoms with E-state index < -0.39 is 5.97 Å². The van der Waals surface area contributed by atoms with Crippen molar-refractivity contribution in [1.29, 1.82) is 0 Å². The maximum Gasteiger partial charge on any atom is 0.306 e. The van der Waals surface area contributed by atoms with Crippen LogP contribution in [0.15, 0.2) is 54.6 Å². The van der Waals surface area contributed by atoms with E-state index in [0.29, 0.717) is 30.9 Å². The van der Waals surface area contributed by atoms with Gasteiger partial charge in [-0.2, -0.15) is 0 Å². The molecule has 0 aliphatic rings. The monoisotopic (exact) mass is 469 g/mol. The quantitative estimate of drug-likeness (QED) is 0.295. The molecule has 33 heavy (non-hydrogen) atoms. The fraction of sp³-hybridized carbons (Fsp3) is 0.360. The Morgan fingerprint density at radius 3 is 2.39 bits per heavy atom. The molecule has 0 saturated carbocycles. The van der Waals surface area contributed by atoms with Crippen LogP contribution in [0.2, 0.25) is 0 Å². The third-order valence-corrected chi connectivity index (χ3v) is 5.15. The average molecular weight is 470 g/mol. The third kappa shape index (κ3) is 9.41. The van der Waals surface area contributed by atoms with Gasteiger partial charge < -0.3 is 20.3 Å². The van der Waals surface area contributed by atoms with Gasteiger partial charge in [0.1, 0.15) is 0 Å². The molecule has 0 spiro atoms. The van der Waals surface area contributed by atoms with Gasteiger partial charge in [-0.15, -0.1) is 0 Å². The van der Waals surface area contributed by atoms with E-state index in [2.05, 4.69) is 10.6 Å². The van der Waals surface area contributed by atoms with E-state index in [9.17, 15) is 14.4 Å². The number of hydrogen-bond acceptors (Lipinski definition) is 5. The minimum absolute atomic E-state index is 0.0202. The summed E-state index contributed by atoms with van der Waals surface area (Å²) < 4.78 is 5.18. The largest absolute Gasteiger partial charge is 0.466 e. The Kier molecular flexibility index (Phi) is 11.0. The number of hydrogen-bond donors (Lipinski definition) is 2. The minimum Gasteiger partial charge on any atom is -0.466 e. The van der Waals surface area contributed by atoms with Crippen molar-refractivity contribution in [2.75, 3.05) is 25.0 Å². The molecule has 2 amide bonds. The highest BCUT2D eigenvalue weighted by atomic mass is 32.1. The maximum atomic E-state index is 12.5. The molecule has 0 aliphatic carbocycles. The molecule has 0 fully saturated rings. The summed E-state index contributed by atoms with van der Waals surface area (Å²) in [4.78, 5) is 38.2. The molecule has 7 nitrogen and oxygen atoms in total. The predicted molar refractivity (Wildman–Crippen MR) is 133 cm³/mol. The second-order valence-corrected chi connectivity index (χ2v) is 7.78. The first kappa shape index (κ1) is 26.0. The van der Waals surface area contributed by atoms with Gasteiger partial charge in [-0.25, -0.2) is 0 Å². The van der Waals surface area contributed by atoms with Crippen LogP contribution in [0.4, 0.5) is 5.69 Å². The zero-order valence-corrected chi connectivity index (χ0v) is 20.0. The molecule has 0 radical (unpaired) electrons. The predicted octanol–water partition coefficient (Wildman–Crippen LogP) is 3.94. The van der Waals surface area contributed by atoms with Gasteiger partial charge in [0.25, 0.3) is 5.91 Å². The van der Waals surface area contributed by atoms with Crippen LogP contribution in [0.3, 0.4) is 0 Å². The smallest absolute Gasteiger partial charge is 0.306 e. The van der Waals surface area contributed by atoms with Crippen LogP contribution >= 0.6 is 12.2 Å². The standard InChI is InChI=1S/C25H31N3O4S/c1-3-28(4-2)24(31)20-13-8-14-21(18-20)26-25(33)27-22(29)15-16-23(30)32-17-9-12-19-10-6-5-7-11-19/h5-8,10-11,13-14,18H,3-4,9,12,15-17H2,1-2H3,(H2,26,27,29,33). The van der Waals surface area contributed by atoms with Gasteiger partial charge in [-0.1, -0.05) is 36.4 Å². The summed E-state index contributed by atoms with van der Waals surface area (Å²) in [5.74, 6) is -0.871. The molecule has 2 aromatic carbocycles. The van der Waals surface area contributed by atoms with E-state index in [-0.39, 0.29) is 29.8 Å². The zero-order valence-electron chi connectivity index (χ0n) is 19.1. The Morgan fingerprint density at radius 1 is 0.970 bits per heavy atom. The van der Waals surface area contributed by atoms with Crippen LogP contribution in [0, 0.1) is 0 Å². The second kappa shape index (κ2) is 14.0. The van der Waals surface area contributed by atoms with Crippen LogP contribution in [-0.4, -0.2) is 47.5 Å². The summed E-state index contributed by atoms with van der Waals surface area (Å²) in [6.45, 7) is 5.41. The molecule has 0 bridgehead atoms. The Bertz CT molecular complexity index is 946. The molecule has 2 aromatic rings. The second-order valence-electron chi connectivity index (χ2n) is 7.37. The Labute approximate surface area is 200 Å². The number of benzene rings is 2. The van der Waals surface area contributed by atoms with Crippen molar-refractivity contribution in [2.24, 2.45) is 0 Å². The van der Waals surface area contributed by atoms with Crippen LogP contribution in [-0.2, 0) is 20.7 Å². The molecule has 2 N–H and O–H groups in total. The van der Waals surface area contributed by atoms with Gasteiger partial charge in [-0.3, -0.25) is 14.4 Å². The number of thiocarbonyl (C=S) groups is 1. The number of aryl methyl sites for hydroxylation is 1. The summed E-state index contributed by atoms with van der Waals surface area (Å²) in [6, 6.07) is 16.9. The first-order valence-electron chi connectivity index (χ1n) is 11.1. The normalized spacial score (nSPS) is 10.2. The number of carbonyl (C=O) groups is 3. The number of rotatable bonds is 11. The van der Waals surface area contributed by atoms with E-state index in [1.165, 1.54) is 5.56 Å². The van der Waals surface area contributed by atoms with Crippen molar-refractivity contribution >= 4 is 40.8 Å². The van der Waals surface area contributed by atoms with Crippen molar-refractivity contribution in [3.63, 3.8) is 0 Å². The van der Waals surface area contributed by atoms with Gasteiger partial charge in [-0.05, 0) is 62.7 Å². The van der Waals surface area contributed by atoms with Gasteiger partial charge in [0.05, 0.1) is 13.0 Å². The molecule has 8 heteroatoms. The van der Waals surface area contributed by atoms with E-state index in [1.54, 1.807) is 29.2 Å². The van der Waals surface area contributed by atoms with Crippen molar-refractivity contribution in [2.45, 2.75) is 39.5 Å². The summed E-state index contributed by atoms with van der Waals surface area (Å²) in [5, 5.41) is 5.55. The fourth-order valence-corrected chi connectivity index (χ4v) is 3.40. The van der Waals surface area contributed by atoms with Crippen molar-refractivity contribution < 1.29 is 19.1 Å². The molecule has 176 valence electrons. The summed E-state index contributed by atoms with van der Waals surface area (Å²) >= 11 is 5.18. The Morgan fingerprint density at radius 2 is 1.70 bits per heavy atom. The fourth-order valence-electron chi connectivity index (χ4n) is 3.17. The maximum absolute atomic E-state index is 12.5. The van der Waals surface area contributed by atoms with Crippen LogP contribution < -0.4 is 10.6 Å². The van der Waals surface area contributed by atoms with Gasteiger partial charge in [0.2, 0.25) is 5.91 Å². The molecule has 0 aliphatic heterocycles. The third-order valence-electron chi connectivity index (χ3n) is 4.94. The van der Waals surface area contributed by atoms with Crippen molar-refractivity contribution in [3.05, 3.63) is 65.7 Å². The van der Waals surface area contributed by atoms with E-state index in [0.717, 1.165) is 12.8 Å². The molecular weight excluding hydrogens is 438 g/mol. The van der Waals surface area contributed by atoms with Gasteiger partial charge in [0.15, 0.2) is 5.11 Å². The molecule has 0 unspecified atom stereocenters. The van der Waals surface area contributed by atoms with Crippen molar-refractivity contribution in [1.82, 2.24) is 10.2 Å². The van der Waals surface area contributed by atoms with Crippen LogP contribution in [0.25, 0.3) is 0 Å². The van der Waals surface area contributed by atoms with Crippen LogP contribution in [0.5, 0.6) is 0 Å². The van der Waals surface area contributed by atoms with E-state index >= 15 is 0 Å². The molecular formula is C25H31N3O4S. The molecule has 0 aromatic heterocycles. The molecule has 0 saturated heterocycles. The number of anilines is 1. The lowest BCUT2D eigenvalue weighted by Gasteiger charge is -2.19.